The molecule has 0 amide bonds. The number of benzene rings is 14. The first-order valence-electron chi connectivity index (χ1n) is 43.6. The van der Waals surface area contributed by atoms with Gasteiger partial charge in [0.05, 0.1) is 121 Å². The molecule has 0 aliphatic heterocycles. The molecule has 0 saturated heterocycles. The van der Waals surface area contributed by atoms with Gasteiger partial charge in [-0.15, -0.1) is 0 Å². The lowest BCUT2D eigenvalue weighted by atomic mass is 10.1. The highest BCUT2D eigenvalue weighted by Crippen LogP contribution is 2.35. The highest BCUT2D eigenvalue weighted by Gasteiger charge is 2.19. The number of aryl methyl sites for hydroxylation is 1. The van der Waals surface area contributed by atoms with Crippen LogP contribution in [-0.2, 0) is 70.3 Å². The number of carbonyl (C=O) groups is 10. The van der Waals surface area contributed by atoms with Crippen molar-refractivity contribution in [2.75, 3.05) is 21.3 Å². The Bertz CT molecular complexity index is 7460. The van der Waals surface area contributed by atoms with Crippen LogP contribution in [-0.4, -0.2) is 135 Å². The number of carboxylic acid groups (broad SMARTS) is 5. The molecule has 0 unspecified atom stereocenters. The third kappa shape index (κ3) is 30.4. The first kappa shape index (κ1) is 105. The van der Waals surface area contributed by atoms with Gasteiger partial charge in [-0.1, -0.05) is 36.4 Å². The third-order valence-electron chi connectivity index (χ3n) is 20.8. The van der Waals surface area contributed by atoms with Crippen molar-refractivity contribution in [2.24, 2.45) is 40.9 Å². The van der Waals surface area contributed by atoms with Crippen LogP contribution in [0.1, 0.15) is 85.2 Å². The molecule has 736 valence electrons. The highest BCUT2D eigenvalue weighted by atomic mass is 35.5. The third-order valence-corrected chi connectivity index (χ3v) is 21.3. The van der Waals surface area contributed by atoms with Gasteiger partial charge in [0.25, 0.3) is 16.2 Å². The summed E-state index contributed by atoms with van der Waals surface area (Å²) >= 11 is 10.7. The predicted molar refractivity (Wildman–Crippen MR) is 537 cm³/mol. The van der Waals surface area contributed by atoms with Crippen molar-refractivity contribution in [2.45, 2.75) is 39.0 Å². The van der Waals surface area contributed by atoms with E-state index in [4.69, 9.17) is 75.9 Å². The lowest BCUT2D eigenvalue weighted by Gasteiger charge is -2.02. The normalized spacial score (nSPS) is 10.9. The summed E-state index contributed by atoms with van der Waals surface area (Å²) in [6, 6.07) is 84.9. The number of fused-ring (bicyclic) bond motifs is 4. The number of halogens is 2. The number of carbonyl (C=O) groups excluding carboxylic acids is 5. The van der Waals surface area contributed by atoms with E-state index >= 15 is 0 Å². The number of methoxy groups -OCH3 is 3. The number of rotatable bonds is 28. The molecule has 0 aliphatic rings. The van der Waals surface area contributed by atoms with E-state index in [-0.39, 0.29) is 78.1 Å². The molecule has 0 bridgehead atoms. The monoisotopic (exact) mass is 2020 g/mol. The summed E-state index contributed by atoms with van der Waals surface area (Å²) < 4.78 is 37.4. The lowest BCUT2D eigenvalue weighted by Crippen LogP contribution is -2.04. The smallest absolute Gasteiger partial charge is 0.335 e. The number of esters is 3. The van der Waals surface area contributed by atoms with Crippen LogP contribution in [0.15, 0.2) is 368 Å². The van der Waals surface area contributed by atoms with E-state index in [0.717, 1.165) is 56.6 Å². The summed E-state index contributed by atoms with van der Waals surface area (Å²) in [4.78, 5) is 137. The molecule has 18 aromatic rings. The van der Waals surface area contributed by atoms with Crippen LogP contribution >= 0.6 is 23.2 Å². The number of oxazole rings is 4. The Hall–Kier alpha value is -19.8. The van der Waals surface area contributed by atoms with Crippen LogP contribution in [0.3, 0.4) is 0 Å². The maximum Gasteiger partial charge on any atom is 0.335 e. The minimum Gasteiger partial charge on any atom is -0.508 e. The second-order valence-electron chi connectivity index (χ2n) is 31.2. The van der Waals surface area contributed by atoms with E-state index < -0.39 is 45.3 Å². The van der Waals surface area contributed by atoms with Gasteiger partial charge in [0.2, 0.25) is 23.6 Å². The molecule has 4 heterocycles. The Labute approximate surface area is 841 Å². The number of azo groups is 4. The topological polar surface area (TPSA) is 566 Å². The van der Waals surface area contributed by atoms with Gasteiger partial charge in [0.15, 0.2) is 22.3 Å². The van der Waals surface area contributed by atoms with Gasteiger partial charge in [0.1, 0.15) is 27.8 Å². The number of aromatic carboxylic acids is 3. The molecule has 38 nitrogen and oxygen atoms in total. The molecule has 0 radical (unpaired) electrons. The molecule has 0 fully saturated rings. The summed E-state index contributed by atoms with van der Waals surface area (Å²) in [5.41, 5.74) is 18.5. The Morgan fingerprint density at radius 3 is 0.721 bits per heavy atom. The number of nitro benzene ring substituents is 1. The number of ether oxygens (including phenoxy) is 3. The minimum absolute atomic E-state index is 0.0422. The number of hydrogen-bond donors (Lipinski definition) is 6. The maximum atomic E-state index is 11.6. The Kier molecular flexibility index (Phi) is 35.5. The Balaban J connectivity index is 0.000000157. The van der Waals surface area contributed by atoms with Gasteiger partial charge < -0.3 is 62.5 Å². The zero-order valence-corrected chi connectivity index (χ0v) is 79.0. The van der Waals surface area contributed by atoms with E-state index in [0.29, 0.717) is 136 Å². The first-order valence-corrected chi connectivity index (χ1v) is 44.3. The fourth-order valence-electron chi connectivity index (χ4n) is 13.2. The molecule has 6 N–H and O–H groups in total. The first-order chi connectivity index (χ1) is 70.7. The van der Waals surface area contributed by atoms with Crippen LogP contribution in [0, 0.1) is 17.0 Å². The quantitative estimate of drug-likeness (QED) is 0.00662. The summed E-state index contributed by atoms with van der Waals surface area (Å²) in [5.74, 6) is -3.75. The molecular weight excluding hydrogens is 1940 g/mol. The fraction of sp³-hybridized carbons (Fsp3) is 0.0841. The second-order valence-corrected chi connectivity index (χ2v) is 31.9. The Morgan fingerprint density at radius 2 is 0.510 bits per heavy atom. The summed E-state index contributed by atoms with van der Waals surface area (Å²) in [6.07, 6.45) is 0.447. The molecule has 147 heavy (non-hydrogen) atoms. The van der Waals surface area contributed by atoms with Crippen molar-refractivity contribution in [1.29, 1.82) is 0 Å². The van der Waals surface area contributed by atoms with E-state index in [1.807, 2.05) is 97.1 Å². The maximum absolute atomic E-state index is 11.6. The van der Waals surface area contributed by atoms with Crippen molar-refractivity contribution in [1.82, 2.24) is 19.9 Å². The molecule has 14 aromatic carbocycles. The van der Waals surface area contributed by atoms with E-state index in [1.165, 1.54) is 57.7 Å². The molecular formula is C107H79Cl2N13O25. The number of non-ortho nitro benzene ring substituents is 1. The second kappa shape index (κ2) is 49.9. The summed E-state index contributed by atoms with van der Waals surface area (Å²) in [6.45, 7) is 1.79. The van der Waals surface area contributed by atoms with Crippen LogP contribution in [0.2, 0.25) is 0 Å². The minimum atomic E-state index is -1.09. The zero-order chi connectivity index (χ0) is 105. The lowest BCUT2D eigenvalue weighted by molar-refractivity contribution is -0.384. The van der Waals surface area contributed by atoms with Crippen molar-refractivity contribution >= 4 is 177 Å². The van der Waals surface area contributed by atoms with E-state index in [1.54, 1.807) is 171 Å². The summed E-state index contributed by atoms with van der Waals surface area (Å²) in [7, 11) is 4.08. The van der Waals surface area contributed by atoms with Crippen molar-refractivity contribution < 1.29 is 115 Å². The number of aromatic nitrogens is 4. The number of nitrogens with zero attached hydrogens (tertiary/aromatic N) is 13. The average molecular weight is 2020 g/mol. The number of nitro groups is 1. The molecule has 0 saturated carbocycles. The number of phenols is 1. The van der Waals surface area contributed by atoms with Crippen LogP contribution in [0.5, 0.6) is 5.75 Å². The number of carboxylic acids is 5. The molecule has 18 rings (SSSR count). The molecule has 40 heteroatoms. The largest absolute Gasteiger partial charge is 0.508 e. The van der Waals surface area contributed by atoms with Crippen molar-refractivity contribution in [3.8, 4) is 51.6 Å². The standard InChI is InChI=1S/C32H24N4O6.C30H20N4O6.C14H8Cl2N2O2.C14H10N2O4.C10H12O3.C7H5NO4/c1-39-29(37)17-19-3-13-27-25(15-19)33-31(41-27)21-5-9-23(10-6-21)35-36-24-11-7-22(8-12-24)32-34-26-16-20(18-30(38)40-2)4-14-28(26)42-32;35-27(36)15-17-1-11-25-23(13-17)31-29(39-25)19-3-7-21(8-4-19)33-34-22-9-5-20(6-10-22)30-32-24-14-18(16-28(37)38)2-12-26(24)40-30;15-13(19)9-1-5-11(6-2-9)17-18-12-7-3-10(4-8-12)14(16)20;17-13(18)9-1-5-11(6-2-9)15-16-12-7-3-10(4-8-12)14(19)20;1-7-5-8(3-4-9(7)11)6-10(12)13-2;9-7(10)5-1-3-6(4-2-5)8(11)12/h3-16H,17-18H2,1-2H3;1-14H,15-16H2,(H,35,36)(H,37,38);1-8H;1-8H,(H,17,18)(H,19,20);3-5,11H,6H2,1-2H3;1-4H,(H,9,10). The SMILES string of the molecule is COC(=O)Cc1ccc(O)c(C)c1.COC(=O)Cc1ccc2oc(-c3ccc(N=Nc4ccc(-c5nc6cc(CC(=O)OC)ccc6o5)cc4)cc3)nc2c1.O=C(Cl)c1ccc(N=Nc2ccc(C(=O)Cl)cc2)cc1.O=C(O)Cc1ccc2oc(-c3ccc(N=Nc4ccc(-c5nc6cc(CC(=O)O)ccc6o5)cc4)cc3)nc2c1.O=C(O)c1ccc(N=Nc2ccc(C(=O)O)cc2)cc1.O=C(O)c1ccc([N+](=O)[O-])cc1. The summed E-state index contributed by atoms with van der Waals surface area (Å²) in [5, 5.41) is 95.4. The zero-order valence-electron chi connectivity index (χ0n) is 77.5. The average Bonchev–Trinajstić information content (AvgIpc) is 1.67. The Morgan fingerprint density at radius 1 is 0.299 bits per heavy atom. The van der Waals surface area contributed by atoms with E-state index in [2.05, 4.69) is 65.6 Å². The molecule has 0 atom stereocenters. The van der Waals surface area contributed by atoms with Gasteiger partial charge in [-0.2, -0.15) is 40.9 Å². The van der Waals surface area contributed by atoms with Gasteiger partial charge in [0, 0.05) is 45.5 Å². The van der Waals surface area contributed by atoms with Gasteiger partial charge in [-0.25, -0.2) is 34.3 Å². The fourth-order valence-corrected chi connectivity index (χ4v) is 13.5. The van der Waals surface area contributed by atoms with Gasteiger partial charge >= 0.3 is 47.8 Å². The number of phenolic OH excluding ortho intramolecular Hbond substituents is 1. The van der Waals surface area contributed by atoms with Crippen LogP contribution in [0.4, 0.5) is 51.2 Å². The van der Waals surface area contributed by atoms with Crippen LogP contribution in [0.25, 0.3) is 90.2 Å². The van der Waals surface area contributed by atoms with Crippen molar-refractivity contribution in [3.63, 3.8) is 0 Å². The van der Waals surface area contributed by atoms with Crippen LogP contribution < -0.4 is 0 Å². The van der Waals surface area contributed by atoms with Gasteiger partial charge in [-0.3, -0.25) is 43.7 Å². The molecule has 4 aromatic heterocycles. The molecule has 0 aliphatic carbocycles. The number of aliphatic carboxylic acids is 2. The van der Waals surface area contributed by atoms with Crippen molar-refractivity contribution in [3.05, 3.63) is 381 Å². The van der Waals surface area contributed by atoms with Gasteiger partial charge in [-0.05, 0) is 324 Å². The number of hydrogen-bond acceptors (Lipinski definition) is 32. The molecule has 0 spiro atoms. The number of aromatic hydroxyl groups is 1. The predicted octanol–water partition coefficient (Wildman–Crippen LogP) is 25.2. The highest BCUT2D eigenvalue weighted by molar-refractivity contribution is 6.68. The van der Waals surface area contributed by atoms with E-state index in [9.17, 15) is 63.2 Å².